The average molecular weight is 373 g/mol. The maximum Gasteiger partial charge on any atom is 0.251 e. The lowest BCUT2D eigenvalue weighted by atomic mass is 10.1. The van der Waals surface area contributed by atoms with Crippen LogP contribution in [0.4, 0.5) is 10.7 Å². The molecule has 0 saturated heterocycles. The Kier molecular flexibility index (Phi) is 6.52. The fourth-order valence-corrected chi connectivity index (χ4v) is 3.65. The van der Waals surface area contributed by atoms with Crippen LogP contribution in [0.1, 0.15) is 40.1 Å². The number of nitrogens with two attached hydrogens (primary N) is 1. The monoisotopic (exact) mass is 373 g/mol. The Hall–Kier alpha value is -2.67. The number of anilines is 2. The van der Waals surface area contributed by atoms with Crippen molar-refractivity contribution in [1.29, 1.82) is 0 Å². The van der Waals surface area contributed by atoms with E-state index in [1.165, 1.54) is 11.3 Å². The molecule has 0 radical (unpaired) electrons. The summed E-state index contributed by atoms with van der Waals surface area (Å²) >= 11 is 1.33. The number of carbonyl (C=O) groups excluding carboxylic acids is 3. The molecule has 3 amide bonds. The van der Waals surface area contributed by atoms with Gasteiger partial charge in [-0.05, 0) is 38.0 Å². The zero-order valence-electron chi connectivity index (χ0n) is 15.2. The molecule has 0 bridgehead atoms. The van der Waals surface area contributed by atoms with Crippen molar-refractivity contribution in [2.24, 2.45) is 5.73 Å². The largest absolute Gasteiger partial charge is 0.365 e. The number of thiophene rings is 1. The maximum absolute atomic E-state index is 12.2. The molecule has 1 aromatic carbocycles. The van der Waals surface area contributed by atoms with Gasteiger partial charge in [-0.25, -0.2) is 0 Å². The van der Waals surface area contributed by atoms with Crippen LogP contribution >= 0.6 is 11.3 Å². The number of primary amides is 1. The van der Waals surface area contributed by atoms with Gasteiger partial charge in [-0.3, -0.25) is 14.4 Å². The van der Waals surface area contributed by atoms with Gasteiger partial charge in [0.25, 0.3) is 5.91 Å². The van der Waals surface area contributed by atoms with Gasteiger partial charge in [-0.1, -0.05) is 18.2 Å². The second-order valence-electron chi connectivity index (χ2n) is 6.04. The average Bonchev–Trinajstić information content (AvgIpc) is 2.88. The molecule has 0 spiro atoms. The number of nitrogens with zero attached hydrogens (tertiary/aromatic N) is 1. The van der Waals surface area contributed by atoms with Crippen LogP contribution in [-0.2, 0) is 9.59 Å². The van der Waals surface area contributed by atoms with Crippen molar-refractivity contribution >= 4 is 39.7 Å². The molecule has 6 nitrogen and oxygen atoms in total. The number of carbonyl (C=O) groups is 3. The first kappa shape index (κ1) is 19.7. The fraction of sp³-hybridized carbons (Fsp3) is 0.316. The van der Waals surface area contributed by atoms with E-state index in [-0.39, 0.29) is 24.7 Å². The van der Waals surface area contributed by atoms with Gasteiger partial charge in [-0.15, -0.1) is 11.3 Å². The smallest absolute Gasteiger partial charge is 0.251 e. The van der Waals surface area contributed by atoms with Gasteiger partial charge < -0.3 is 16.0 Å². The summed E-state index contributed by atoms with van der Waals surface area (Å²) < 4.78 is 0. The van der Waals surface area contributed by atoms with Crippen LogP contribution in [-0.4, -0.2) is 24.8 Å². The Morgan fingerprint density at radius 1 is 1.12 bits per heavy atom. The highest BCUT2D eigenvalue weighted by Gasteiger charge is 2.19. The minimum atomic E-state index is -0.554. The zero-order valence-corrected chi connectivity index (χ0v) is 16.0. The van der Waals surface area contributed by atoms with E-state index in [0.717, 1.165) is 16.1 Å². The van der Waals surface area contributed by atoms with E-state index in [2.05, 4.69) is 5.32 Å². The second kappa shape index (κ2) is 8.62. The highest BCUT2D eigenvalue weighted by Crippen LogP contribution is 2.32. The molecule has 1 heterocycles. The van der Waals surface area contributed by atoms with Gasteiger partial charge in [-0.2, -0.15) is 0 Å². The Balaban J connectivity index is 1.87. The fourth-order valence-electron chi connectivity index (χ4n) is 2.56. The molecule has 138 valence electrons. The topological polar surface area (TPSA) is 92.5 Å². The van der Waals surface area contributed by atoms with Gasteiger partial charge in [0, 0.05) is 30.5 Å². The summed E-state index contributed by atoms with van der Waals surface area (Å²) in [7, 11) is 1.72. The molecule has 0 aliphatic carbocycles. The first-order valence-corrected chi connectivity index (χ1v) is 9.14. The molecule has 1 aromatic heterocycles. The summed E-state index contributed by atoms with van der Waals surface area (Å²) in [6.45, 7) is 3.68. The summed E-state index contributed by atoms with van der Waals surface area (Å²) in [6.07, 6.45) is 0.892. The van der Waals surface area contributed by atoms with Gasteiger partial charge in [0.05, 0.1) is 5.56 Å². The molecule has 0 unspecified atom stereocenters. The quantitative estimate of drug-likeness (QED) is 0.780. The number of benzene rings is 1. The predicted octanol–water partition coefficient (Wildman–Crippen LogP) is 3.24. The second-order valence-corrected chi connectivity index (χ2v) is 7.27. The van der Waals surface area contributed by atoms with Gasteiger partial charge >= 0.3 is 0 Å². The van der Waals surface area contributed by atoms with E-state index < -0.39 is 5.91 Å². The Morgan fingerprint density at radius 2 is 1.77 bits per heavy atom. The third kappa shape index (κ3) is 4.70. The Morgan fingerprint density at radius 3 is 2.38 bits per heavy atom. The minimum Gasteiger partial charge on any atom is -0.365 e. The molecule has 26 heavy (non-hydrogen) atoms. The molecular weight excluding hydrogens is 350 g/mol. The lowest BCUT2D eigenvalue weighted by Crippen LogP contribution is -2.26. The van der Waals surface area contributed by atoms with Gasteiger partial charge in [0.2, 0.25) is 11.8 Å². The molecule has 0 saturated carbocycles. The number of amides is 3. The Bertz CT molecular complexity index is 815. The van der Waals surface area contributed by atoms with Crippen molar-refractivity contribution in [3.8, 4) is 0 Å². The van der Waals surface area contributed by atoms with Crippen LogP contribution < -0.4 is 16.0 Å². The lowest BCUT2D eigenvalue weighted by molar-refractivity contribution is -0.118. The third-order valence-corrected chi connectivity index (χ3v) is 5.32. The number of hydrogen-bond acceptors (Lipinski definition) is 4. The number of para-hydroxylation sites is 1. The van der Waals surface area contributed by atoms with Crippen molar-refractivity contribution in [2.45, 2.75) is 33.1 Å². The van der Waals surface area contributed by atoms with Gasteiger partial charge in [0.1, 0.15) is 5.00 Å². The molecule has 2 aromatic rings. The predicted molar refractivity (Wildman–Crippen MR) is 105 cm³/mol. The summed E-state index contributed by atoms with van der Waals surface area (Å²) in [6, 6.07) is 9.34. The standard InChI is InChI=1S/C19H23N3O3S/c1-12-13(2)26-19(17(12)18(20)25)21-15(23)10-7-11-16(24)22(3)14-8-5-4-6-9-14/h4-6,8-9H,7,10-11H2,1-3H3,(H2,20,25)(H,21,23). The van der Waals surface area contributed by atoms with Crippen LogP contribution in [0, 0.1) is 13.8 Å². The summed E-state index contributed by atoms with van der Waals surface area (Å²) in [4.78, 5) is 38.5. The molecular formula is C19H23N3O3S. The third-order valence-electron chi connectivity index (χ3n) is 4.20. The van der Waals surface area contributed by atoms with E-state index in [4.69, 9.17) is 5.73 Å². The van der Waals surface area contributed by atoms with Crippen molar-refractivity contribution in [1.82, 2.24) is 0 Å². The van der Waals surface area contributed by atoms with Crippen LogP contribution in [0.5, 0.6) is 0 Å². The van der Waals surface area contributed by atoms with Gasteiger partial charge in [0.15, 0.2) is 0 Å². The Labute approximate surface area is 157 Å². The van der Waals surface area contributed by atoms with Crippen molar-refractivity contribution < 1.29 is 14.4 Å². The van der Waals surface area contributed by atoms with Crippen LogP contribution in [0.3, 0.4) is 0 Å². The number of aryl methyl sites for hydroxylation is 1. The highest BCUT2D eigenvalue weighted by molar-refractivity contribution is 7.16. The lowest BCUT2D eigenvalue weighted by Gasteiger charge is -2.17. The SMILES string of the molecule is Cc1sc(NC(=O)CCCC(=O)N(C)c2ccccc2)c(C(N)=O)c1C. The number of rotatable bonds is 7. The molecule has 2 rings (SSSR count). The highest BCUT2D eigenvalue weighted by atomic mass is 32.1. The molecule has 0 atom stereocenters. The summed E-state index contributed by atoms with van der Waals surface area (Å²) in [5, 5.41) is 3.22. The molecule has 7 heteroatoms. The maximum atomic E-state index is 12.2. The molecule has 0 aliphatic rings. The summed E-state index contributed by atoms with van der Waals surface area (Å²) in [5.74, 6) is -0.838. The van der Waals surface area contributed by atoms with E-state index in [1.54, 1.807) is 18.9 Å². The van der Waals surface area contributed by atoms with Crippen LogP contribution in [0.15, 0.2) is 30.3 Å². The first-order valence-electron chi connectivity index (χ1n) is 8.32. The number of nitrogens with one attached hydrogen (secondary N) is 1. The molecule has 0 fully saturated rings. The van der Waals surface area contributed by atoms with E-state index in [0.29, 0.717) is 17.0 Å². The zero-order chi connectivity index (χ0) is 19.3. The molecule has 0 aliphatic heterocycles. The van der Waals surface area contributed by atoms with E-state index >= 15 is 0 Å². The van der Waals surface area contributed by atoms with Crippen molar-refractivity contribution in [3.63, 3.8) is 0 Å². The normalized spacial score (nSPS) is 10.4. The van der Waals surface area contributed by atoms with E-state index in [1.807, 2.05) is 37.3 Å². The number of hydrogen-bond donors (Lipinski definition) is 2. The minimum absolute atomic E-state index is 0.0513. The molecule has 3 N–H and O–H groups in total. The van der Waals surface area contributed by atoms with Crippen molar-refractivity contribution in [2.75, 3.05) is 17.3 Å². The van der Waals surface area contributed by atoms with Crippen LogP contribution in [0.2, 0.25) is 0 Å². The van der Waals surface area contributed by atoms with Crippen LogP contribution in [0.25, 0.3) is 0 Å². The summed E-state index contributed by atoms with van der Waals surface area (Å²) in [5.41, 5.74) is 7.37. The van der Waals surface area contributed by atoms with Crippen molar-refractivity contribution in [3.05, 3.63) is 46.3 Å². The van der Waals surface area contributed by atoms with E-state index in [9.17, 15) is 14.4 Å². The first-order chi connectivity index (χ1) is 12.3.